The van der Waals surface area contributed by atoms with Crippen LogP contribution in [0.2, 0.25) is 5.02 Å². The molecule has 1 aliphatic rings. The summed E-state index contributed by atoms with van der Waals surface area (Å²) in [6.07, 6.45) is 4.25. The van der Waals surface area contributed by atoms with Crippen molar-refractivity contribution in [3.8, 4) is 0 Å². The van der Waals surface area contributed by atoms with E-state index < -0.39 is 5.60 Å². The molecule has 1 N–H and O–H groups in total. The molecule has 0 amide bonds. The van der Waals surface area contributed by atoms with Crippen molar-refractivity contribution in [2.45, 2.75) is 43.2 Å². The summed E-state index contributed by atoms with van der Waals surface area (Å²) in [6.45, 7) is 0. The van der Waals surface area contributed by atoms with E-state index in [0.29, 0.717) is 0 Å². The van der Waals surface area contributed by atoms with Gasteiger partial charge in [-0.05, 0) is 63.0 Å². The second kappa shape index (κ2) is 6.87. The largest absolute Gasteiger partial charge is 0.390 e. The highest BCUT2D eigenvalue weighted by Gasteiger charge is 2.44. The molecular formula is C21H26ClNO. The van der Waals surface area contributed by atoms with E-state index in [2.05, 4.69) is 43.3 Å². The lowest BCUT2D eigenvalue weighted by molar-refractivity contribution is -0.0458. The minimum absolute atomic E-state index is 0.0203. The third-order valence-electron chi connectivity index (χ3n) is 5.62. The van der Waals surface area contributed by atoms with E-state index in [1.807, 2.05) is 30.3 Å². The fourth-order valence-corrected chi connectivity index (χ4v) is 4.16. The maximum absolute atomic E-state index is 11.1. The zero-order valence-corrected chi connectivity index (χ0v) is 15.3. The Bertz CT molecular complexity index is 658. The second-order valence-corrected chi connectivity index (χ2v) is 7.76. The number of aliphatic hydroxyl groups is 1. The molecule has 0 atom stereocenters. The fourth-order valence-electron chi connectivity index (χ4n) is 4.04. The van der Waals surface area contributed by atoms with E-state index >= 15 is 0 Å². The first-order valence-corrected chi connectivity index (χ1v) is 9.01. The molecule has 0 radical (unpaired) electrons. The summed E-state index contributed by atoms with van der Waals surface area (Å²) >= 11 is 6.06. The van der Waals surface area contributed by atoms with Crippen LogP contribution < -0.4 is 0 Å². The maximum Gasteiger partial charge on any atom is 0.0689 e. The Balaban J connectivity index is 1.78. The average molecular weight is 344 g/mol. The molecule has 2 aromatic carbocycles. The van der Waals surface area contributed by atoms with Crippen LogP contribution in [-0.2, 0) is 12.0 Å². The van der Waals surface area contributed by atoms with Gasteiger partial charge in [-0.25, -0.2) is 0 Å². The first-order valence-electron chi connectivity index (χ1n) is 8.63. The van der Waals surface area contributed by atoms with Crippen LogP contribution in [0.1, 0.15) is 36.8 Å². The van der Waals surface area contributed by atoms with Crippen molar-refractivity contribution in [1.82, 2.24) is 4.90 Å². The summed E-state index contributed by atoms with van der Waals surface area (Å²) in [5.74, 6) is 0. The van der Waals surface area contributed by atoms with Gasteiger partial charge in [0.1, 0.15) is 0 Å². The highest BCUT2D eigenvalue weighted by Crippen LogP contribution is 2.45. The molecule has 1 saturated carbocycles. The van der Waals surface area contributed by atoms with Gasteiger partial charge in [0.25, 0.3) is 0 Å². The second-order valence-electron chi connectivity index (χ2n) is 7.32. The molecule has 1 fully saturated rings. The minimum atomic E-state index is -0.604. The van der Waals surface area contributed by atoms with Crippen molar-refractivity contribution in [3.05, 3.63) is 70.7 Å². The quantitative estimate of drug-likeness (QED) is 0.873. The topological polar surface area (TPSA) is 23.5 Å². The zero-order chi connectivity index (χ0) is 17.2. The Labute approximate surface area is 150 Å². The summed E-state index contributed by atoms with van der Waals surface area (Å²) < 4.78 is 0. The van der Waals surface area contributed by atoms with E-state index in [1.54, 1.807) is 0 Å². The minimum Gasteiger partial charge on any atom is -0.390 e. The van der Waals surface area contributed by atoms with Gasteiger partial charge in [-0.1, -0.05) is 54.1 Å². The van der Waals surface area contributed by atoms with E-state index in [-0.39, 0.29) is 5.54 Å². The number of nitrogens with zero attached hydrogens (tertiary/aromatic N) is 1. The molecule has 3 rings (SSSR count). The SMILES string of the molecule is CN(C)C1(c2ccc(Cl)cc2)CCC(O)(Cc2ccccc2)CC1. The lowest BCUT2D eigenvalue weighted by Crippen LogP contribution is -2.49. The molecule has 0 aromatic heterocycles. The van der Waals surface area contributed by atoms with Crippen LogP contribution in [0.3, 0.4) is 0 Å². The molecule has 0 unspecified atom stereocenters. The molecular weight excluding hydrogens is 318 g/mol. The van der Waals surface area contributed by atoms with Gasteiger partial charge in [-0.15, -0.1) is 0 Å². The van der Waals surface area contributed by atoms with Crippen molar-refractivity contribution in [2.75, 3.05) is 14.1 Å². The summed E-state index contributed by atoms with van der Waals surface area (Å²) in [7, 11) is 4.27. The van der Waals surface area contributed by atoms with Gasteiger partial charge in [0, 0.05) is 17.0 Å². The number of rotatable bonds is 4. The van der Waals surface area contributed by atoms with Gasteiger partial charge in [0.2, 0.25) is 0 Å². The third-order valence-corrected chi connectivity index (χ3v) is 5.87. The van der Waals surface area contributed by atoms with Gasteiger partial charge in [-0.3, -0.25) is 4.90 Å². The Morgan fingerprint density at radius 3 is 2.04 bits per heavy atom. The Hall–Kier alpha value is -1.35. The summed E-state index contributed by atoms with van der Waals surface area (Å²) in [6, 6.07) is 18.5. The van der Waals surface area contributed by atoms with Crippen LogP contribution in [-0.4, -0.2) is 29.7 Å². The highest BCUT2D eigenvalue weighted by atomic mass is 35.5. The molecule has 0 heterocycles. The van der Waals surface area contributed by atoms with Crippen LogP contribution in [0.25, 0.3) is 0 Å². The van der Waals surface area contributed by atoms with E-state index in [4.69, 9.17) is 11.6 Å². The van der Waals surface area contributed by atoms with Gasteiger partial charge in [0.05, 0.1) is 5.60 Å². The van der Waals surface area contributed by atoms with Crippen LogP contribution in [0, 0.1) is 0 Å². The highest BCUT2D eigenvalue weighted by molar-refractivity contribution is 6.30. The Morgan fingerprint density at radius 2 is 1.50 bits per heavy atom. The van der Waals surface area contributed by atoms with Crippen molar-refractivity contribution in [2.24, 2.45) is 0 Å². The van der Waals surface area contributed by atoms with Crippen molar-refractivity contribution < 1.29 is 5.11 Å². The predicted molar refractivity (Wildman–Crippen MR) is 100 cm³/mol. The van der Waals surface area contributed by atoms with Gasteiger partial charge in [0.15, 0.2) is 0 Å². The fraction of sp³-hybridized carbons (Fsp3) is 0.429. The number of benzene rings is 2. The molecule has 2 aromatic rings. The lowest BCUT2D eigenvalue weighted by Gasteiger charge is -2.48. The average Bonchev–Trinajstić information content (AvgIpc) is 2.57. The molecule has 1 aliphatic carbocycles. The summed E-state index contributed by atoms with van der Waals surface area (Å²) in [5, 5.41) is 11.9. The van der Waals surface area contributed by atoms with Crippen LogP contribution in [0.4, 0.5) is 0 Å². The van der Waals surface area contributed by atoms with Crippen LogP contribution in [0.5, 0.6) is 0 Å². The Morgan fingerprint density at radius 1 is 0.917 bits per heavy atom. The molecule has 24 heavy (non-hydrogen) atoms. The molecule has 3 heteroatoms. The normalized spacial score (nSPS) is 27.4. The first-order chi connectivity index (χ1) is 11.4. The molecule has 0 spiro atoms. The monoisotopic (exact) mass is 343 g/mol. The number of halogens is 1. The van der Waals surface area contributed by atoms with Crippen molar-refractivity contribution in [1.29, 1.82) is 0 Å². The van der Waals surface area contributed by atoms with E-state index in [9.17, 15) is 5.11 Å². The molecule has 128 valence electrons. The van der Waals surface area contributed by atoms with Crippen molar-refractivity contribution >= 4 is 11.6 Å². The molecule has 0 saturated heterocycles. The van der Waals surface area contributed by atoms with Gasteiger partial charge in [-0.2, -0.15) is 0 Å². The standard InChI is InChI=1S/C21H26ClNO/c1-23(2)21(18-8-10-19(22)11-9-18)14-12-20(24,13-15-21)16-17-6-4-3-5-7-17/h3-11,24H,12-16H2,1-2H3. The number of hydrogen-bond donors (Lipinski definition) is 1. The molecule has 0 bridgehead atoms. The van der Waals surface area contributed by atoms with Crippen molar-refractivity contribution in [3.63, 3.8) is 0 Å². The van der Waals surface area contributed by atoms with Gasteiger partial charge >= 0.3 is 0 Å². The van der Waals surface area contributed by atoms with E-state index in [0.717, 1.165) is 37.1 Å². The maximum atomic E-state index is 11.1. The van der Waals surface area contributed by atoms with E-state index in [1.165, 1.54) is 11.1 Å². The molecule has 2 nitrogen and oxygen atoms in total. The predicted octanol–water partition coefficient (Wildman–Crippen LogP) is 4.64. The smallest absolute Gasteiger partial charge is 0.0689 e. The summed E-state index contributed by atoms with van der Waals surface area (Å²) in [5.41, 5.74) is 1.88. The van der Waals surface area contributed by atoms with Gasteiger partial charge < -0.3 is 5.11 Å². The van der Waals surface area contributed by atoms with Crippen LogP contribution >= 0.6 is 11.6 Å². The Kier molecular flexibility index (Phi) is 5.00. The lowest BCUT2D eigenvalue weighted by atomic mass is 9.68. The van der Waals surface area contributed by atoms with Crippen LogP contribution in [0.15, 0.2) is 54.6 Å². The first kappa shape index (κ1) is 17.5. The summed E-state index contributed by atoms with van der Waals surface area (Å²) in [4.78, 5) is 2.30. The molecule has 0 aliphatic heterocycles. The number of hydrogen-bond acceptors (Lipinski definition) is 2. The third kappa shape index (κ3) is 3.51. The zero-order valence-electron chi connectivity index (χ0n) is 14.5.